The number of likely N-dealkylation sites (N-methyl/N-ethyl adjacent to an activating group) is 1. The number of benzene rings is 2. The van der Waals surface area contributed by atoms with Gasteiger partial charge in [0.15, 0.2) is 11.6 Å². The molecule has 1 aliphatic heterocycles. The average Bonchev–Trinajstić information content (AvgIpc) is 3.17. The van der Waals surface area contributed by atoms with Gasteiger partial charge in [-0.15, -0.1) is 0 Å². The van der Waals surface area contributed by atoms with E-state index in [0.717, 1.165) is 25.1 Å². The fourth-order valence-corrected chi connectivity index (χ4v) is 3.97. The third-order valence-corrected chi connectivity index (χ3v) is 5.84. The highest BCUT2D eigenvalue weighted by atomic mass is 32.2. The lowest BCUT2D eigenvalue weighted by molar-refractivity contribution is 0.0744. The van der Waals surface area contributed by atoms with E-state index in [0.29, 0.717) is 18.2 Å². The second kappa shape index (κ2) is 7.61. The number of carbonyl (C=O) groups is 1. The van der Waals surface area contributed by atoms with E-state index >= 15 is 0 Å². The second-order valence-corrected chi connectivity index (χ2v) is 8.01. The van der Waals surface area contributed by atoms with Gasteiger partial charge in [0.25, 0.3) is 15.9 Å². The van der Waals surface area contributed by atoms with Gasteiger partial charge in [0.2, 0.25) is 0 Å². The van der Waals surface area contributed by atoms with Crippen LogP contribution in [0.3, 0.4) is 0 Å². The minimum Gasteiger partial charge on any atom is -0.337 e. The third kappa shape index (κ3) is 4.25. The van der Waals surface area contributed by atoms with Crippen LogP contribution >= 0.6 is 0 Å². The van der Waals surface area contributed by atoms with E-state index in [4.69, 9.17) is 0 Å². The van der Waals surface area contributed by atoms with Crippen molar-refractivity contribution in [3.63, 3.8) is 0 Å². The Labute approximate surface area is 156 Å². The molecule has 27 heavy (non-hydrogen) atoms. The summed E-state index contributed by atoms with van der Waals surface area (Å²) in [6.07, 6.45) is 0.852. The predicted octanol–water partition coefficient (Wildman–Crippen LogP) is 2.20. The molecule has 0 saturated carbocycles. The van der Waals surface area contributed by atoms with Crippen molar-refractivity contribution in [1.82, 2.24) is 10.2 Å². The number of nitrogens with zero attached hydrogens (tertiary/aromatic N) is 1. The maximum atomic E-state index is 13.3. The van der Waals surface area contributed by atoms with Crippen molar-refractivity contribution in [3.05, 3.63) is 59.7 Å². The van der Waals surface area contributed by atoms with Crippen LogP contribution in [0.1, 0.15) is 16.8 Å². The van der Waals surface area contributed by atoms with Gasteiger partial charge in [-0.1, -0.05) is 6.07 Å². The first kappa shape index (κ1) is 19.2. The molecule has 1 fully saturated rings. The zero-order valence-corrected chi connectivity index (χ0v) is 15.4. The van der Waals surface area contributed by atoms with Crippen LogP contribution in [0.15, 0.2) is 47.4 Å². The average molecular weight is 395 g/mol. The van der Waals surface area contributed by atoms with Gasteiger partial charge in [-0.2, -0.15) is 0 Å². The number of halogens is 2. The number of sulfonamides is 1. The summed E-state index contributed by atoms with van der Waals surface area (Å²) in [6, 6.07) is 8.44. The van der Waals surface area contributed by atoms with Gasteiger partial charge in [0.1, 0.15) is 0 Å². The van der Waals surface area contributed by atoms with Crippen LogP contribution < -0.4 is 10.0 Å². The van der Waals surface area contributed by atoms with E-state index in [-0.39, 0.29) is 17.6 Å². The number of carbonyl (C=O) groups excluding carboxylic acids is 1. The Balaban J connectivity index is 1.80. The molecule has 2 aromatic carbocycles. The highest BCUT2D eigenvalue weighted by Gasteiger charge is 2.24. The number of amides is 1. The Hall–Kier alpha value is -2.52. The summed E-state index contributed by atoms with van der Waals surface area (Å²) in [7, 11) is -2.42. The molecule has 9 heteroatoms. The smallest absolute Gasteiger partial charge is 0.261 e. The molecule has 1 aliphatic rings. The number of anilines is 1. The van der Waals surface area contributed by atoms with Crippen molar-refractivity contribution >= 4 is 21.6 Å². The quantitative estimate of drug-likeness (QED) is 0.814. The topological polar surface area (TPSA) is 78.5 Å². The lowest BCUT2D eigenvalue weighted by Crippen LogP contribution is -2.38. The van der Waals surface area contributed by atoms with Gasteiger partial charge < -0.3 is 10.2 Å². The predicted molar refractivity (Wildman–Crippen MR) is 97.0 cm³/mol. The van der Waals surface area contributed by atoms with Crippen molar-refractivity contribution in [2.24, 2.45) is 0 Å². The lowest BCUT2D eigenvalue weighted by atomic mass is 10.1. The van der Waals surface area contributed by atoms with Gasteiger partial charge in [-0.3, -0.25) is 9.52 Å². The molecule has 1 unspecified atom stereocenters. The molecular formula is C18H19F2N3O3S. The number of nitrogens with one attached hydrogen (secondary N) is 2. The number of hydrogen-bond acceptors (Lipinski definition) is 4. The summed E-state index contributed by atoms with van der Waals surface area (Å²) in [4.78, 5) is 13.8. The molecule has 0 aromatic heterocycles. The first-order valence-corrected chi connectivity index (χ1v) is 9.82. The Kier molecular flexibility index (Phi) is 5.43. The highest BCUT2D eigenvalue weighted by Crippen LogP contribution is 2.20. The highest BCUT2D eigenvalue weighted by molar-refractivity contribution is 7.92. The van der Waals surface area contributed by atoms with Crippen LogP contribution in [-0.4, -0.2) is 45.4 Å². The summed E-state index contributed by atoms with van der Waals surface area (Å²) in [5.41, 5.74) is 0.485. The van der Waals surface area contributed by atoms with E-state index in [2.05, 4.69) is 10.0 Å². The van der Waals surface area contributed by atoms with Gasteiger partial charge in [0, 0.05) is 30.9 Å². The normalized spacial score (nSPS) is 16.9. The summed E-state index contributed by atoms with van der Waals surface area (Å²) in [5.74, 6) is -2.61. The Morgan fingerprint density at radius 1 is 1.19 bits per heavy atom. The molecule has 0 bridgehead atoms. The zero-order chi connectivity index (χ0) is 19.6. The molecule has 0 radical (unpaired) electrons. The molecule has 0 spiro atoms. The molecule has 2 aromatic rings. The molecule has 2 N–H and O–H groups in total. The van der Waals surface area contributed by atoms with Crippen LogP contribution in [0, 0.1) is 11.6 Å². The maximum Gasteiger partial charge on any atom is 0.261 e. The number of rotatable bonds is 5. The molecule has 1 atom stereocenters. The van der Waals surface area contributed by atoms with Gasteiger partial charge in [0.05, 0.1) is 4.90 Å². The van der Waals surface area contributed by atoms with Gasteiger partial charge >= 0.3 is 0 Å². The van der Waals surface area contributed by atoms with Crippen molar-refractivity contribution in [1.29, 1.82) is 0 Å². The SMILES string of the molecule is CN(C(=O)c1cccc(NS(=O)(=O)c2ccc(F)c(F)c2)c1)C1CCNC1. The van der Waals surface area contributed by atoms with E-state index in [1.165, 1.54) is 12.1 Å². The summed E-state index contributed by atoms with van der Waals surface area (Å²) < 4.78 is 53.4. The van der Waals surface area contributed by atoms with Crippen molar-refractivity contribution in [2.75, 3.05) is 24.9 Å². The van der Waals surface area contributed by atoms with E-state index in [1.54, 1.807) is 24.1 Å². The minimum atomic E-state index is -4.12. The molecule has 1 heterocycles. The van der Waals surface area contributed by atoms with Crippen LogP contribution in [0.4, 0.5) is 14.5 Å². The molecular weight excluding hydrogens is 376 g/mol. The molecule has 144 valence electrons. The fraction of sp³-hybridized carbons (Fsp3) is 0.278. The maximum absolute atomic E-state index is 13.3. The van der Waals surface area contributed by atoms with Crippen molar-refractivity contribution in [3.8, 4) is 0 Å². The minimum absolute atomic E-state index is 0.0834. The zero-order valence-electron chi connectivity index (χ0n) is 14.6. The summed E-state index contributed by atoms with van der Waals surface area (Å²) in [6.45, 7) is 1.56. The Bertz CT molecular complexity index is 960. The summed E-state index contributed by atoms with van der Waals surface area (Å²) in [5, 5.41) is 3.19. The molecule has 0 aliphatic carbocycles. The standard InChI is InChI=1S/C18H19F2N3O3S/c1-23(14-7-8-21-11-14)18(24)12-3-2-4-13(9-12)22-27(25,26)15-5-6-16(19)17(20)10-15/h2-6,9-10,14,21-22H,7-8,11H2,1H3. The lowest BCUT2D eigenvalue weighted by Gasteiger charge is -2.24. The molecule has 3 rings (SSSR count). The largest absolute Gasteiger partial charge is 0.337 e. The third-order valence-electron chi connectivity index (χ3n) is 4.47. The van der Waals surface area contributed by atoms with Crippen LogP contribution in [-0.2, 0) is 10.0 Å². The monoisotopic (exact) mass is 395 g/mol. The van der Waals surface area contributed by atoms with Gasteiger partial charge in [-0.25, -0.2) is 17.2 Å². The van der Waals surface area contributed by atoms with Crippen LogP contribution in [0.25, 0.3) is 0 Å². The fourth-order valence-electron chi connectivity index (χ4n) is 2.91. The Morgan fingerprint density at radius 3 is 2.63 bits per heavy atom. The first-order valence-electron chi connectivity index (χ1n) is 8.34. The van der Waals surface area contributed by atoms with Gasteiger partial charge in [-0.05, 0) is 49.4 Å². The summed E-state index contributed by atoms with van der Waals surface area (Å²) >= 11 is 0. The van der Waals surface area contributed by atoms with E-state index < -0.39 is 26.6 Å². The van der Waals surface area contributed by atoms with E-state index in [1.807, 2.05) is 0 Å². The van der Waals surface area contributed by atoms with E-state index in [9.17, 15) is 22.0 Å². The molecule has 6 nitrogen and oxygen atoms in total. The van der Waals surface area contributed by atoms with Crippen molar-refractivity contribution in [2.45, 2.75) is 17.4 Å². The van der Waals surface area contributed by atoms with Crippen LogP contribution in [0.2, 0.25) is 0 Å². The number of hydrogen-bond donors (Lipinski definition) is 2. The van der Waals surface area contributed by atoms with Crippen LogP contribution in [0.5, 0.6) is 0 Å². The molecule has 1 amide bonds. The second-order valence-electron chi connectivity index (χ2n) is 6.32. The molecule has 1 saturated heterocycles. The first-order chi connectivity index (χ1) is 12.8. The Morgan fingerprint density at radius 2 is 1.96 bits per heavy atom. The van der Waals surface area contributed by atoms with Crippen molar-refractivity contribution < 1.29 is 22.0 Å².